The van der Waals surface area contributed by atoms with Crippen molar-refractivity contribution in [2.75, 3.05) is 0 Å². The van der Waals surface area contributed by atoms with E-state index in [1.807, 2.05) is 6.92 Å². The van der Waals surface area contributed by atoms with Crippen molar-refractivity contribution in [2.24, 2.45) is 17.8 Å². The summed E-state index contributed by atoms with van der Waals surface area (Å²) in [5.74, 6) is -5.06. The van der Waals surface area contributed by atoms with E-state index in [0.717, 1.165) is 31.2 Å². The monoisotopic (exact) mass is 432 g/mol. The summed E-state index contributed by atoms with van der Waals surface area (Å²) in [5.41, 5.74) is 1.07. The Morgan fingerprint density at radius 3 is 2.23 bits per heavy atom. The van der Waals surface area contributed by atoms with Crippen LogP contribution in [0.4, 0.5) is 22.0 Å². The number of hydrogen-bond acceptors (Lipinski definition) is 1. The molecule has 2 unspecified atom stereocenters. The van der Waals surface area contributed by atoms with Gasteiger partial charge in [0.15, 0.2) is 0 Å². The second kappa shape index (κ2) is 9.97. The standard InChI is InChI=1S/C24H33F5O/c1-2-3-19-10-11-20(16-23(19,26)27)24(28,29)30-22-14-8-18(9-15-22)5-4-17-6-12-21(25)13-7-17/h6-7,12-13,18-20,22H,2-5,8-11,14-16H2,1H3. The molecule has 1 nitrogen and oxygen atoms in total. The van der Waals surface area contributed by atoms with Crippen molar-refractivity contribution in [3.63, 3.8) is 0 Å². The zero-order valence-corrected chi connectivity index (χ0v) is 17.7. The van der Waals surface area contributed by atoms with Gasteiger partial charge in [-0.05, 0) is 81.4 Å². The molecule has 0 heterocycles. The van der Waals surface area contributed by atoms with Crippen molar-refractivity contribution < 1.29 is 26.7 Å². The number of halogens is 5. The fraction of sp³-hybridized carbons (Fsp3) is 0.750. The summed E-state index contributed by atoms with van der Waals surface area (Å²) in [4.78, 5) is 0. The van der Waals surface area contributed by atoms with Crippen LogP contribution in [0, 0.1) is 23.6 Å². The molecule has 2 aliphatic rings. The van der Waals surface area contributed by atoms with E-state index in [2.05, 4.69) is 0 Å². The van der Waals surface area contributed by atoms with Crippen LogP contribution in [0.2, 0.25) is 0 Å². The molecule has 0 aromatic heterocycles. The van der Waals surface area contributed by atoms with Gasteiger partial charge in [0.1, 0.15) is 5.82 Å². The van der Waals surface area contributed by atoms with Gasteiger partial charge in [-0.1, -0.05) is 25.5 Å². The largest absolute Gasteiger partial charge is 0.358 e. The van der Waals surface area contributed by atoms with Gasteiger partial charge in [-0.3, -0.25) is 0 Å². The summed E-state index contributed by atoms with van der Waals surface area (Å²) in [5, 5.41) is 0. The quantitative estimate of drug-likeness (QED) is 0.381. The molecule has 2 saturated carbocycles. The van der Waals surface area contributed by atoms with Gasteiger partial charge >= 0.3 is 6.11 Å². The molecule has 0 spiro atoms. The summed E-state index contributed by atoms with van der Waals surface area (Å²) >= 11 is 0. The van der Waals surface area contributed by atoms with Gasteiger partial charge in [0.25, 0.3) is 5.92 Å². The van der Waals surface area contributed by atoms with E-state index in [0.29, 0.717) is 31.6 Å². The summed E-state index contributed by atoms with van der Waals surface area (Å²) in [6, 6.07) is 6.44. The topological polar surface area (TPSA) is 9.23 Å². The van der Waals surface area contributed by atoms with Crippen LogP contribution in [0.3, 0.4) is 0 Å². The van der Waals surface area contributed by atoms with E-state index in [9.17, 15) is 22.0 Å². The smallest absolute Gasteiger partial charge is 0.317 e. The second-order valence-corrected chi connectivity index (χ2v) is 9.21. The van der Waals surface area contributed by atoms with Crippen LogP contribution >= 0.6 is 0 Å². The molecule has 0 amide bonds. The predicted molar refractivity (Wildman–Crippen MR) is 107 cm³/mol. The Kier molecular flexibility index (Phi) is 7.81. The van der Waals surface area contributed by atoms with Crippen LogP contribution < -0.4 is 0 Å². The van der Waals surface area contributed by atoms with E-state index in [4.69, 9.17) is 4.74 Å². The number of benzene rings is 1. The maximum atomic E-state index is 14.7. The molecule has 170 valence electrons. The van der Waals surface area contributed by atoms with E-state index >= 15 is 0 Å². The normalized spacial score (nSPS) is 29.7. The SMILES string of the molecule is CCCC1CCC(C(F)(F)OC2CCC(CCc3ccc(F)cc3)CC2)CC1(F)F. The zero-order valence-electron chi connectivity index (χ0n) is 17.7. The molecule has 0 radical (unpaired) electrons. The lowest BCUT2D eigenvalue weighted by Gasteiger charge is -2.40. The van der Waals surface area contributed by atoms with Crippen LogP contribution in [-0.4, -0.2) is 18.1 Å². The van der Waals surface area contributed by atoms with Crippen LogP contribution in [0.15, 0.2) is 24.3 Å². The highest BCUT2D eigenvalue weighted by molar-refractivity contribution is 5.16. The van der Waals surface area contributed by atoms with Gasteiger partial charge in [-0.15, -0.1) is 0 Å². The molecule has 6 heteroatoms. The molecule has 2 atom stereocenters. The Hall–Kier alpha value is -1.17. The van der Waals surface area contributed by atoms with Crippen LogP contribution in [0.25, 0.3) is 0 Å². The lowest BCUT2D eigenvalue weighted by Crippen LogP contribution is -2.45. The Morgan fingerprint density at radius 1 is 0.967 bits per heavy atom. The van der Waals surface area contributed by atoms with Gasteiger partial charge in [0.2, 0.25) is 0 Å². The maximum absolute atomic E-state index is 14.7. The molecule has 2 fully saturated rings. The molecule has 0 aliphatic heterocycles. The maximum Gasteiger partial charge on any atom is 0.358 e. The first-order valence-corrected chi connectivity index (χ1v) is 11.4. The van der Waals surface area contributed by atoms with E-state index in [1.165, 1.54) is 12.1 Å². The van der Waals surface area contributed by atoms with Gasteiger partial charge in [0, 0.05) is 12.3 Å². The zero-order chi connectivity index (χ0) is 21.8. The average Bonchev–Trinajstić information content (AvgIpc) is 2.70. The molecular weight excluding hydrogens is 399 g/mol. The van der Waals surface area contributed by atoms with E-state index in [1.54, 1.807) is 12.1 Å². The number of rotatable bonds is 8. The van der Waals surface area contributed by atoms with Crippen LogP contribution in [0.5, 0.6) is 0 Å². The first-order chi connectivity index (χ1) is 14.2. The Balaban J connectivity index is 1.44. The van der Waals surface area contributed by atoms with Gasteiger partial charge in [-0.25, -0.2) is 13.2 Å². The van der Waals surface area contributed by atoms with E-state index < -0.39 is 36.4 Å². The van der Waals surface area contributed by atoms with Crippen LogP contribution in [0.1, 0.15) is 76.7 Å². The fourth-order valence-corrected chi connectivity index (χ4v) is 5.08. The minimum absolute atomic E-state index is 0.0975. The summed E-state index contributed by atoms with van der Waals surface area (Å²) < 4.78 is 76.0. The predicted octanol–water partition coefficient (Wildman–Crippen LogP) is 7.78. The van der Waals surface area contributed by atoms with Crippen molar-refractivity contribution in [2.45, 2.75) is 95.7 Å². The van der Waals surface area contributed by atoms with Gasteiger partial charge in [0.05, 0.1) is 12.0 Å². The van der Waals surface area contributed by atoms with Crippen molar-refractivity contribution in [3.8, 4) is 0 Å². The van der Waals surface area contributed by atoms with Crippen LogP contribution in [-0.2, 0) is 11.2 Å². The Morgan fingerprint density at radius 2 is 1.63 bits per heavy atom. The summed E-state index contributed by atoms with van der Waals surface area (Å²) in [7, 11) is 0. The van der Waals surface area contributed by atoms with Crippen molar-refractivity contribution in [1.29, 1.82) is 0 Å². The highest BCUT2D eigenvalue weighted by atomic mass is 19.3. The molecule has 0 saturated heterocycles. The fourth-order valence-electron chi connectivity index (χ4n) is 5.08. The molecule has 30 heavy (non-hydrogen) atoms. The minimum Gasteiger partial charge on any atom is -0.317 e. The molecule has 2 aliphatic carbocycles. The van der Waals surface area contributed by atoms with Crippen molar-refractivity contribution in [3.05, 3.63) is 35.6 Å². The third kappa shape index (κ3) is 6.18. The lowest BCUT2D eigenvalue weighted by molar-refractivity contribution is -0.313. The molecule has 1 aromatic rings. The first-order valence-electron chi connectivity index (χ1n) is 11.4. The second-order valence-electron chi connectivity index (χ2n) is 9.21. The number of alkyl halides is 4. The summed E-state index contributed by atoms with van der Waals surface area (Å²) in [6.07, 6.45) is 0.842. The third-order valence-electron chi connectivity index (χ3n) is 6.96. The Bertz CT molecular complexity index is 652. The van der Waals surface area contributed by atoms with Gasteiger partial charge in [-0.2, -0.15) is 8.78 Å². The molecular formula is C24H33F5O. The molecule has 3 rings (SSSR count). The lowest BCUT2D eigenvalue weighted by atomic mass is 9.76. The number of aryl methyl sites for hydroxylation is 1. The van der Waals surface area contributed by atoms with Crippen molar-refractivity contribution >= 4 is 0 Å². The number of hydrogen-bond donors (Lipinski definition) is 0. The summed E-state index contributed by atoms with van der Waals surface area (Å²) in [6.45, 7) is 1.84. The minimum atomic E-state index is -3.49. The molecule has 0 bridgehead atoms. The highest BCUT2D eigenvalue weighted by Gasteiger charge is 2.53. The molecule has 0 N–H and O–H groups in total. The first kappa shape index (κ1) is 23.5. The third-order valence-corrected chi connectivity index (χ3v) is 6.96. The number of ether oxygens (including phenoxy) is 1. The van der Waals surface area contributed by atoms with Gasteiger partial charge < -0.3 is 4.74 Å². The molecule has 1 aromatic carbocycles. The van der Waals surface area contributed by atoms with E-state index in [-0.39, 0.29) is 18.7 Å². The Labute approximate surface area is 176 Å². The average molecular weight is 433 g/mol. The highest BCUT2D eigenvalue weighted by Crippen LogP contribution is 2.49. The van der Waals surface area contributed by atoms with Crippen molar-refractivity contribution in [1.82, 2.24) is 0 Å².